The summed E-state index contributed by atoms with van der Waals surface area (Å²) in [7, 11) is 1.92. The number of phenols is 1. The summed E-state index contributed by atoms with van der Waals surface area (Å²) in [5.74, 6) is 2.68. The zero-order valence-electron chi connectivity index (χ0n) is 13.6. The average molecular weight is 298 g/mol. The summed E-state index contributed by atoms with van der Waals surface area (Å²) in [4.78, 5) is 0. The van der Waals surface area contributed by atoms with E-state index in [4.69, 9.17) is 0 Å². The van der Waals surface area contributed by atoms with Crippen LogP contribution in [0.4, 0.5) is 0 Å². The third-order valence-corrected chi connectivity index (χ3v) is 6.70. The summed E-state index contributed by atoms with van der Waals surface area (Å²) in [6.07, 6.45) is 7.36. The van der Waals surface area contributed by atoms with Gasteiger partial charge in [-0.15, -0.1) is 0 Å². The molecule has 4 rings (SSSR count). The standard InChI is InChI=1S/C19H26N2O/c1-19-10-9-15-14-6-4-13(22)11-12(14)3-5-16(15)17(19)7-8-18(19)21-20-2/h4,6,11,15-17,20,22H,3,5,7-10H2,1-2H3/b21-18+. The summed E-state index contributed by atoms with van der Waals surface area (Å²) in [5, 5.41) is 14.4. The van der Waals surface area contributed by atoms with E-state index in [0.29, 0.717) is 17.1 Å². The average Bonchev–Trinajstić information content (AvgIpc) is 2.84. The molecular weight excluding hydrogens is 272 g/mol. The molecule has 4 atom stereocenters. The summed E-state index contributed by atoms with van der Waals surface area (Å²) in [6.45, 7) is 2.45. The van der Waals surface area contributed by atoms with Crippen molar-refractivity contribution in [1.29, 1.82) is 0 Å². The van der Waals surface area contributed by atoms with Gasteiger partial charge in [-0.25, -0.2) is 0 Å². The molecule has 118 valence electrons. The first-order valence-corrected chi connectivity index (χ1v) is 8.69. The molecular formula is C19H26N2O. The first-order valence-electron chi connectivity index (χ1n) is 8.69. The molecule has 3 heteroatoms. The largest absolute Gasteiger partial charge is 0.508 e. The molecule has 0 heterocycles. The molecule has 0 aliphatic heterocycles. The number of benzene rings is 1. The van der Waals surface area contributed by atoms with Crippen molar-refractivity contribution in [3.8, 4) is 5.75 Å². The number of fused-ring (bicyclic) bond motifs is 5. The molecule has 4 unspecified atom stereocenters. The number of hydrogen-bond donors (Lipinski definition) is 2. The van der Waals surface area contributed by atoms with E-state index in [9.17, 15) is 5.11 Å². The van der Waals surface area contributed by atoms with Crippen LogP contribution in [0.15, 0.2) is 23.3 Å². The van der Waals surface area contributed by atoms with Crippen LogP contribution >= 0.6 is 0 Å². The lowest BCUT2D eigenvalue weighted by Crippen LogP contribution is -2.42. The van der Waals surface area contributed by atoms with E-state index in [1.54, 1.807) is 0 Å². The van der Waals surface area contributed by atoms with E-state index in [2.05, 4.69) is 23.5 Å². The molecule has 3 nitrogen and oxygen atoms in total. The van der Waals surface area contributed by atoms with Crippen LogP contribution in [0.25, 0.3) is 0 Å². The fourth-order valence-corrected chi connectivity index (χ4v) is 5.68. The number of nitrogens with one attached hydrogen (secondary N) is 1. The van der Waals surface area contributed by atoms with Crippen LogP contribution in [0.1, 0.15) is 56.1 Å². The van der Waals surface area contributed by atoms with Crippen LogP contribution in [0.2, 0.25) is 0 Å². The molecule has 1 aromatic rings. The maximum atomic E-state index is 9.75. The molecule has 0 aromatic heterocycles. The Morgan fingerprint density at radius 1 is 1.23 bits per heavy atom. The molecule has 0 amide bonds. The second kappa shape index (κ2) is 5.00. The second-order valence-corrected chi connectivity index (χ2v) is 7.58. The SMILES string of the molecule is CN/N=C1\CCC2C3CCc4cc(O)ccc4C3CCC12C. The molecule has 2 saturated carbocycles. The molecule has 0 radical (unpaired) electrons. The van der Waals surface area contributed by atoms with Gasteiger partial charge in [0, 0.05) is 18.2 Å². The van der Waals surface area contributed by atoms with Crippen molar-refractivity contribution in [3.63, 3.8) is 0 Å². The maximum absolute atomic E-state index is 9.75. The number of nitrogens with zero attached hydrogens (tertiary/aromatic N) is 1. The van der Waals surface area contributed by atoms with Gasteiger partial charge in [-0.2, -0.15) is 5.10 Å². The zero-order valence-corrected chi connectivity index (χ0v) is 13.6. The van der Waals surface area contributed by atoms with Crippen LogP contribution < -0.4 is 5.43 Å². The smallest absolute Gasteiger partial charge is 0.115 e. The van der Waals surface area contributed by atoms with Crippen molar-refractivity contribution in [3.05, 3.63) is 29.3 Å². The molecule has 22 heavy (non-hydrogen) atoms. The second-order valence-electron chi connectivity index (χ2n) is 7.58. The van der Waals surface area contributed by atoms with Crippen molar-refractivity contribution >= 4 is 5.71 Å². The van der Waals surface area contributed by atoms with Crippen LogP contribution in [0.3, 0.4) is 0 Å². The monoisotopic (exact) mass is 298 g/mol. The Kier molecular flexibility index (Phi) is 3.21. The fourth-order valence-electron chi connectivity index (χ4n) is 5.68. The number of hydrazone groups is 1. The Morgan fingerprint density at radius 3 is 2.91 bits per heavy atom. The van der Waals surface area contributed by atoms with Gasteiger partial charge in [0.15, 0.2) is 0 Å². The van der Waals surface area contributed by atoms with E-state index in [1.165, 1.54) is 42.5 Å². The van der Waals surface area contributed by atoms with Crippen molar-refractivity contribution in [2.75, 3.05) is 7.05 Å². The highest BCUT2D eigenvalue weighted by molar-refractivity contribution is 5.92. The van der Waals surface area contributed by atoms with E-state index in [0.717, 1.165) is 24.7 Å². The fraction of sp³-hybridized carbons (Fsp3) is 0.632. The number of aryl methyl sites for hydroxylation is 1. The highest BCUT2D eigenvalue weighted by atomic mass is 16.3. The Hall–Kier alpha value is -1.51. The van der Waals surface area contributed by atoms with Gasteiger partial charge in [0.25, 0.3) is 0 Å². The van der Waals surface area contributed by atoms with Crippen molar-refractivity contribution in [2.45, 2.75) is 51.4 Å². The quantitative estimate of drug-likeness (QED) is 0.774. The molecule has 0 spiro atoms. The third kappa shape index (κ3) is 1.90. The summed E-state index contributed by atoms with van der Waals surface area (Å²) < 4.78 is 0. The minimum Gasteiger partial charge on any atom is -0.508 e. The van der Waals surface area contributed by atoms with E-state index in [-0.39, 0.29) is 0 Å². The highest BCUT2D eigenvalue weighted by Crippen LogP contribution is 2.59. The van der Waals surface area contributed by atoms with Crippen LogP contribution in [0.5, 0.6) is 5.75 Å². The number of rotatable bonds is 1. The molecule has 3 aliphatic carbocycles. The van der Waals surface area contributed by atoms with Gasteiger partial charge in [-0.1, -0.05) is 13.0 Å². The van der Waals surface area contributed by atoms with Gasteiger partial charge in [0.1, 0.15) is 5.75 Å². The van der Waals surface area contributed by atoms with Crippen molar-refractivity contribution < 1.29 is 5.11 Å². The van der Waals surface area contributed by atoms with Gasteiger partial charge >= 0.3 is 0 Å². The first-order chi connectivity index (χ1) is 10.6. The molecule has 0 saturated heterocycles. The molecule has 2 fully saturated rings. The van der Waals surface area contributed by atoms with E-state index in [1.807, 2.05) is 19.2 Å². The molecule has 1 aromatic carbocycles. The molecule has 2 N–H and O–H groups in total. The van der Waals surface area contributed by atoms with Crippen LogP contribution in [0, 0.1) is 17.3 Å². The molecule has 3 aliphatic rings. The van der Waals surface area contributed by atoms with Gasteiger partial charge in [-0.3, -0.25) is 0 Å². The molecule has 0 bridgehead atoms. The maximum Gasteiger partial charge on any atom is 0.115 e. The van der Waals surface area contributed by atoms with Gasteiger partial charge in [-0.05, 0) is 79.5 Å². The predicted molar refractivity (Wildman–Crippen MR) is 89.2 cm³/mol. The summed E-state index contributed by atoms with van der Waals surface area (Å²) in [5.41, 5.74) is 7.62. The number of aromatic hydroxyl groups is 1. The Labute approximate surface area is 132 Å². The van der Waals surface area contributed by atoms with Gasteiger partial charge in [0.05, 0.1) is 0 Å². The first kappa shape index (κ1) is 14.1. The zero-order chi connectivity index (χ0) is 15.3. The van der Waals surface area contributed by atoms with Crippen molar-refractivity contribution in [2.24, 2.45) is 22.4 Å². The predicted octanol–water partition coefficient (Wildman–Crippen LogP) is 3.82. The third-order valence-electron chi connectivity index (χ3n) is 6.70. The summed E-state index contributed by atoms with van der Waals surface area (Å²) >= 11 is 0. The highest BCUT2D eigenvalue weighted by Gasteiger charge is 2.53. The Morgan fingerprint density at radius 2 is 2.09 bits per heavy atom. The van der Waals surface area contributed by atoms with Gasteiger partial charge in [0.2, 0.25) is 0 Å². The lowest BCUT2D eigenvalue weighted by molar-refractivity contribution is 0.0954. The summed E-state index contributed by atoms with van der Waals surface area (Å²) in [6, 6.07) is 6.04. The lowest BCUT2D eigenvalue weighted by Gasteiger charge is -2.49. The van der Waals surface area contributed by atoms with Gasteiger partial charge < -0.3 is 10.5 Å². The normalized spacial score (nSPS) is 38.3. The van der Waals surface area contributed by atoms with E-state index >= 15 is 0 Å². The minimum absolute atomic E-state index is 0.304. The Bertz CT molecular complexity index is 624. The van der Waals surface area contributed by atoms with Crippen LogP contribution in [-0.4, -0.2) is 17.9 Å². The lowest BCUT2D eigenvalue weighted by atomic mass is 9.55. The van der Waals surface area contributed by atoms with E-state index < -0.39 is 0 Å². The topological polar surface area (TPSA) is 44.6 Å². The van der Waals surface area contributed by atoms with Crippen LogP contribution in [-0.2, 0) is 6.42 Å². The van der Waals surface area contributed by atoms with Crippen molar-refractivity contribution in [1.82, 2.24) is 5.43 Å². The number of phenolic OH excluding ortho intramolecular Hbond substituents is 1. The number of hydrogen-bond acceptors (Lipinski definition) is 3. The Balaban J connectivity index is 1.69. The minimum atomic E-state index is 0.304.